The normalized spacial score (nSPS) is 17.3. The molecule has 3 heterocycles. The summed E-state index contributed by atoms with van der Waals surface area (Å²) in [6, 6.07) is 9.57. The highest BCUT2D eigenvalue weighted by molar-refractivity contribution is 5.43. The molecular formula is C23H27N5O3. The van der Waals surface area contributed by atoms with Crippen LogP contribution in [-0.2, 0) is 13.6 Å². The SMILES string of the molecule is COc1ccc([C@H]2C[C@@H]2COc2cc(NCc3ccc(C)c(C)n3)c(=O)n(C)n2)nc1. The average Bonchev–Trinajstić information content (AvgIpc) is 3.55. The molecule has 0 radical (unpaired) electrons. The summed E-state index contributed by atoms with van der Waals surface area (Å²) in [6.07, 6.45) is 2.76. The number of anilines is 1. The first-order valence-electron chi connectivity index (χ1n) is 10.3. The molecule has 4 rings (SSSR count). The lowest BCUT2D eigenvalue weighted by atomic mass is 10.2. The standard InChI is InChI=1S/C23H27N5O3/c1-14-5-6-17(26-15(14)2)11-24-21-10-22(27-28(3)23(21)29)31-13-16-9-19(16)20-8-7-18(30-4)12-25-20/h5-8,10,12,16,19,24H,9,11,13H2,1-4H3/t16-,19+/m1/s1. The smallest absolute Gasteiger partial charge is 0.290 e. The molecule has 3 aromatic heterocycles. The summed E-state index contributed by atoms with van der Waals surface area (Å²) in [5, 5.41) is 7.40. The van der Waals surface area contributed by atoms with Crippen LogP contribution in [0.1, 0.15) is 35.0 Å². The molecule has 0 bridgehead atoms. The second-order valence-electron chi connectivity index (χ2n) is 7.92. The Bertz CT molecular complexity index is 1130. The highest BCUT2D eigenvalue weighted by Crippen LogP contribution is 2.46. The maximum Gasteiger partial charge on any atom is 0.290 e. The predicted molar refractivity (Wildman–Crippen MR) is 118 cm³/mol. The van der Waals surface area contributed by atoms with E-state index in [-0.39, 0.29) is 5.56 Å². The zero-order valence-corrected chi connectivity index (χ0v) is 18.3. The van der Waals surface area contributed by atoms with Crippen molar-refractivity contribution in [2.45, 2.75) is 32.7 Å². The van der Waals surface area contributed by atoms with Crippen LogP contribution in [0.2, 0.25) is 0 Å². The van der Waals surface area contributed by atoms with Gasteiger partial charge in [0, 0.05) is 36.3 Å². The Kier molecular flexibility index (Phi) is 5.88. The molecule has 162 valence electrons. The van der Waals surface area contributed by atoms with E-state index in [0.717, 1.165) is 34.8 Å². The minimum Gasteiger partial charge on any atom is -0.495 e. The maximum atomic E-state index is 12.4. The van der Waals surface area contributed by atoms with Crippen LogP contribution in [0.3, 0.4) is 0 Å². The number of hydrogen-bond donors (Lipinski definition) is 1. The van der Waals surface area contributed by atoms with Crippen molar-refractivity contribution in [1.29, 1.82) is 0 Å². The second kappa shape index (κ2) is 8.75. The molecule has 2 atom stereocenters. The molecule has 31 heavy (non-hydrogen) atoms. The van der Waals surface area contributed by atoms with E-state index in [0.29, 0.717) is 36.6 Å². The average molecular weight is 422 g/mol. The maximum absolute atomic E-state index is 12.4. The first kappa shape index (κ1) is 20.8. The van der Waals surface area contributed by atoms with Crippen molar-refractivity contribution in [1.82, 2.24) is 19.7 Å². The topological polar surface area (TPSA) is 91.2 Å². The van der Waals surface area contributed by atoms with Crippen LogP contribution >= 0.6 is 0 Å². The number of hydrogen-bond acceptors (Lipinski definition) is 7. The minimum absolute atomic E-state index is 0.206. The van der Waals surface area contributed by atoms with E-state index in [2.05, 4.69) is 20.4 Å². The van der Waals surface area contributed by atoms with Crippen LogP contribution in [0.5, 0.6) is 11.6 Å². The van der Waals surface area contributed by atoms with Gasteiger partial charge in [0.2, 0.25) is 5.88 Å². The molecule has 1 N–H and O–H groups in total. The van der Waals surface area contributed by atoms with Gasteiger partial charge < -0.3 is 14.8 Å². The van der Waals surface area contributed by atoms with Crippen molar-refractivity contribution >= 4 is 5.69 Å². The first-order valence-corrected chi connectivity index (χ1v) is 10.3. The van der Waals surface area contributed by atoms with Crippen LogP contribution < -0.4 is 20.3 Å². The van der Waals surface area contributed by atoms with E-state index in [1.807, 2.05) is 38.1 Å². The summed E-state index contributed by atoms with van der Waals surface area (Å²) in [4.78, 5) is 21.5. The van der Waals surface area contributed by atoms with Gasteiger partial charge in [-0.3, -0.25) is 14.8 Å². The van der Waals surface area contributed by atoms with Gasteiger partial charge in [0.25, 0.3) is 5.56 Å². The number of aromatic nitrogens is 4. The molecule has 1 aliphatic carbocycles. The number of pyridine rings is 2. The Morgan fingerprint density at radius 1 is 1.23 bits per heavy atom. The number of nitrogens with one attached hydrogen (secondary N) is 1. The summed E-state index contributed by atoms with van der Waals surface area (Å²) in [7, 11) is 3.25. The van der Waals surface area contributed by atoms with E-state index in [4.69, 9.17) is 9.47 Å². The molecule has 0 amide bonds. The van der Waals surface area contributed by atoms with Crippen LogP contribution in [0.4, 0.5) is 5.69 Å². The third kappa shape index (κ3) is 4.84. The Balaban J connectivity index is 1.37. The van der Waals surface area contributed by atoms with Gasteiger partial charge in [-0.25, -0.2) is 4.68 Å². The van der Waals surface area contributed by atoms with Crippen LogP contribution in [-0.4, -0.2) is 33.5 Å². The van der Waals surface area contributed by atoms with Gasteiger partial charge in [-0.2, -0.15) is 0 Å². The monoisotopic (exact) mass is 421 g/mol. The summed E-state index contributed by atoms with van der Waals surface area (Å²) < 4.78 is 12.4. The fourth-order valence-electron chi connectivity index (χ4n) is 3.46. The van der Waals surface area contributed by atoms with E-state index >= 15 is 0 Å². The van der Waals surface area contributed by atoms with Crippen molar-refractivity contribution in [2.75, 3.05) is 19.0 Å². The van der Waals surface area contributed by atoms with Crippen molar-refractivity contribution in [3.63, 3.8) is 0 Å². The molecule has 3 aromatic rings. The molecular weight excluding hydrogens is 394 g/mol. The van der Waals surface area contributed by atoms with E-state index < -0.39 is 0 Å². The van der Waals surface area contributed by atoms with Crippen molar-refractivity contribution in [3.05, 3.63) is 69.5 Å². The fraction of sp³-hybridized carbons (Fsp3) is 0.391. The molecule has 0 spiro atoms. The number of aryl methyl sites for hydroxylation is 3. The molecule has 0 unspecified atom stereocenters. The molecule has 8 nitrogen and oxygen atoms in total. The number of methoxy groups -OCH3 is 1. The minimum atomic E-state index is -0.206. The molecule has 0 aromatic carbocycles. The number of ether oxygens (including phenoxy) is 2. The summed E-state index contributed by atoms with van der Waals surface area (Å²) in [5.41, 5.74) is 4.28. The molecule has 1 saturated carbocycles. The van der Waals surface area contributed by atoms with E-state index in [1.165, 1.54) is 4.68 Å². The highest BCUT2D eigenvalue weighted by atomic mass is 16.5. The summed E-state index contributed by atoms with van der Waals surface area (Å²) >= 11 is 0. The van der Waals surface area contributed by atoms with Gasteiger partial charge in [0.1, 0.15) is 11.4 Å². The lowest BCUT2D eigenvalue weighted by Gasteiger charge is -2.11. The van der Waals surface area contributed by atoms with Crippen LogP contribution in [0.25, 0.3) is 0 Å². The molecule has 1 fully saturated rings. The third-order valence-electron chi connectivity index (χ3n) is 5.65. The van der Waals surface area contributed by atoms with Crippen molar-refractivity contribution in [2.24, 2.45) is 13.0 Å². The van der Waals surface area contributed by atoms with Gasteiger partial charge in [0.05, 0.1) is 32.2 Å². The summed E-state index contributed by atoms with van der Waals surface area (Å²) in [6.45, 7) is 4.98. The summed E-state index contributed by atoms with van der Waals surface area (Å²) in [5.74, 6) is 1.94. The van der Waals surface area contributed by atoms with Gasteiger partial charge in [0.15, 0.2) is 0 Å². The Morgan fingerprint density at radius 3 is 2.77 bits per heavy atom. The predicted octanol–water partition coefficient (Wildman–Crippen LogP) is 2.99. The molecule has 0 aliphatic heterocycles. The molecule has 0 saturated heterocycles. The number of rotatable bonds is 8. The van der Waals surface area contributed by atoms with Gasteiger partial charge in [-0.1, -0.05) is 6.07 Å². The Morgan fingerprint density at radius 2 is 2.06 bits per heavy atom. The van der Waals surface area contributed by atoms with Crippen LogP contribution in [0, 0.1) is 19.8 Å². The fourth-order valence-corrected chi connectivity index (χ4v) is 3.46. The van der Waals surface area contributed by atoms with Crippen molar-refractivity contribution in [3.8, 4) is 11.6 Å². The Labute approximate surface area is 181 Å². The van der Waals surface area contributed by atoms with Crippen molar-refractivity contribution < 1.29 is 9.47 Å². The second-order valence-corrected chi connectivity index (χ2v) is 7.92. The highest BCUT2D eigenvalue weighted by Gasteiger charge is 2.40. The molecule has 8 heteroatoms. The van der Waals surface area contributed by atoms with Gasteiger partial charge >= 0.3 is 0 Å². The zero-order valence-electron chi connectivity index (χ0n) is 18.3. The lowest BCUT2D eigenvalue weighted by Crippen LogP contribution is -2.24. The van der Waals surface area contributed by atoms with Crippen LogP contribution in [0.15, 0.2) is 41.3 Å². The molecule has 1 aliphatic rings. The number of nitrogens with zero attached hydrogens (tertiary/aromatic N) is 4. The first-order chi connectivity index (χ1) is 14.9. The van der Waals surface area contributed by atoms with Gasteiger partial charge in [-0.05, 0) is 44.0 Å². The largest absolute Gasteiger partial charge is 0.495 e. The lowest BCUT2D eigenvalue weighted by molar-refractivity contribution is 0.278. The quantitative estimate of drug-likeness (QED) is 0.598. The van der Waals surface area contributed by atoms with Gasteiger partial charge in [-0.15, -0.1) is 5.10 Å². The van der Waals surface area contributed by atoms with E-state index in [1.54, 1.807) is 26.4 Å². The third-order valence-corrected chi connectivity index (χ3v) is 5.65. The zero-order chi connectivity index (χ0) is 22.0. The van der Waals surface area contributed by atoms with E-state index in [9.17, 15) is 4.79 Å². The Hall–Kier alpha value is -3.42.